The summed E-state index contributed by atoms with van der Waals surface area (Å²) in [6, 6.07) is 22.9. The monoisotopic (exact) mass is 437 g/mol. The summed E-state index contributed by atoms with van der Waals surface area (Å²) in [7, 11) is 1.32. The van der Waals surface area contributed by atoms with Crippen LogP contribution in [0.15, 0.2) is 72.8 Å². The summed E-state index contributed by atoms with van der Waals surface area (Å²) < 4.78 is 4.77. The number of benzene rings is 3. The summed E-state index contributed by atoms with van der Waals surface area (Å²) in [4.78, 5) is 41.2. The van der Waals surface area contributed by atoms with Crippen molar-refractivity contribution in [2.45, 2.75) is 24.7 Å². The fourth-order valence-corrected chi connectivity index (χ4v) is 6.69. The van der Waals surface area contributed by atoms with Gasteiger partial charge in [0.25, 0.3) is 0 Å². The molecule has 164 valence electrons. The Labute approximate surface area is 192 Å². The number of imide groups is 1. The average Bonchev–Trinajstić information content (AvgIpc) is 3.13. The summed E-state index contributed by atoms with van der Waals surface area (Å²) in [6.07, 6.45) is 0. The minimum atomic E-state index is -0.608. The standard InChI is InChI=1S/C28H23NO4/c1-27-18-8-4-6-10-20(18)28(2,21-11-7-5-9-19(21)27)23-22(27)24(30)29(25(23)31)17-14-12-16(13-15-17)26(32)33-3/h4-15,22-23H,1-3H3/t22-,23-,27?,28?/m0/s1. The van der Waals surface area contributed by atoms with Crippen LogP contribution in [0.4, 0.5) is 5.69 Å². The van der Waals surface area contributed by atoms with Crippen LogP contribution in [-0.4, -0.2) is 24.9 Å². The van der Waals surface area contributed by atoms with Crippen molar-refractivity contribution in [1.82, 2.24) is 0 Å². The van der Waals surface area contributed by atoms with Crippen molar-refractivity contribution in [3.05, 3.63) is 101 Å². The number of carbonyl (C=O) groups excluding carboxylic acids is 3. The third-order valence-electron chi connectivity index (χ3n) is 8.19. The van der Waals surface area contributed by atoms with Crippen LogP contribution in [-0.2, 0) is 25.2 Å². The second-order valence-corrected chi connectivity index (χ2v) is 9.50. The molecule has 0 unspecified atom stereocenters. The molecule has 3 aliphatic carbocycles. The lowest BCUT2D eigenvalue weighted by atomic mass is 9.42. The number of nitrogens with zero attached hydrogens (tertiary/aromatic N) is 1. The van der Waals surface area contributed by atoms with Crippen molar-refractivity contribution < 1.29 is 19.1 Å². The molecule has 1 fully saturated rings. The molecule has 1 aliphatic heterocycles. The molecule has 3 aromatic rings. The molecule has 2 atom stereocenters. The highest BCUT2D eigenvalue weighted by Gasteiger charge is 2.70. The van der Waals surface area contributed by atoms with Gasteiger partial charge in [0.1, 0.15) is 0 Å². The number of esters is 1. The minimum Gasteiger partial charge on any atom is -0.465 e. The van der Waals surface area contributed by atoms with E-state index in [-0.39, 0.29) is 11.8 Å². The zero-order chi connectivity index (χ0) is 23.1. The maximum absolute atomic E-state index is 14.0. The number of hydrogen-bond acceptors (Lipinski definition) is 4. The van der Waals surface area contributed by atoms with Crippen LogP contribution >= 0.6 is 0 Å². The summed E-state index contributed by atoms with van der Waals surface area (Å²) in [6.45, 7) is 4.21. The van der Waals surface area contributed by atoms with E-state index >= 15 is 0 Å². The van der Waals surface area contributed by atoms with Gasteiger partial charge in [0.15, 0.2) is 0 Å². The third-order valence-corrected chi connectivity index (χ3v) is 8.19. The Hall–Kier alpha value is -3.73. The first-order chi connectivity index (χ1) is 15.8. The van der Waals surface area contributed by atoms with E-state index in [1.54, 1.807) is 24.3 Å². The maximum atomic E-state index is 14.0. The Balaban J connectivity index is 1.56. The fourth-order valence-electron chi connectivity index (χ4n) is 6.69. The van der Waals surface area contributed by atoms with Gasteiger partial charge in [0.2, 0.25) is 11.8 Å². The molecule has 0 N–H and O–H groups in total. The highest BCUT2D eigenvalue weighted by molar-refractivity contribution is 6.24. The van der Waals surface area contributed by atoms with Gasteiger partial charge in [-0.25, -0.2) is 9.69 Å². The summed E-state index contributed by atoms with van der Waals surface area (Å²) in [5.74, 6) is -1.83. The Morgan fingerprint density at radius 3 is 1.48 bits per heavy atom. The first-order valence-electron chi connectivity index (χ1n) is 11.1. The van der Waals surface area contributed by atoms with Crippen LogP contribution in [0.1, 0.15) is 46.5 Å². The zero-order valence-corrected chi connectivity index (χ0v) is 18.7. The van der Waals surface area contributed by atoms with Gasteiger partial charge in [-0.05, 0) is 46.5 Å². The number of hydrogen-bond donors (Lipinski definition) is 0. The molecule has 7 rings (SSSR count). The molecule has 1 saturated heterocycles. The van der Waals surface area contributed by atoms with Crippen molar-refractivity contribution in [2.24, 2.45) is 11.8 Å². The third kappa shape index (κ3) is 2.20. The van der Waals surface area contributed by atoms with Gasteiger partial charge in [-0.2, -0.15) is 0 Å². The predicted octanol–water partition coefficient (Wildman–Crippen LogP) is 4.22. The Morgan fingerprint density at radius 1 is 0.727 bits per heavy atom. The van der Waals surface area contributed by atoms with E-state index in [1.807, 2.05) is 24.3 Å². The highest BCUT2D eigenvalue weighted by atomic mass is 16.5. The lowest BCUT2D eigenvalue weighted by Crippen LogP contribution is -2.59. The van der Waals surface area contributed by atoms with E-state index < -0.39 is 28.6 Å². The van der Waals surface area contributed by atoms with Crippen molar-refractivity contribution in [3.63, 3.8) is 0 Å². The molecule has 33 heavy (non-hydrogen) atoms. The fraction of sp³-hybridized carbons (Fsp3) is 0.250. The average molecular weight is 437 g/mol. The normalized spacial score (nSPS) is 28.9. The molecule has 4 aliphatic rings. The van der Waals surface area contributed by atoms with E-state index in [0.717, 1.165) is 22.3 Å². The van der Waals surface area contributed by atoms with Gasteiger partial charge in [-0.1, -0.05) is 62.4 Å². The Morgan fingerprint density at radius 2 is 1.12 bits per heavy atom. The van der Waals surface area contributed by atoms with Crippen molar-refractivity contribution in [3.8, 4) is 0 Å². The Kier molecular flexibility index (Phi) is 3.87. The van der Waals surface area contributed by atoms with Crippen LogP contribution in [0.2, 0.25) is 0 Å². The first kappa shape index (κ1) is 19.9. The first-order valence-corrected chi connectivity index (χ1v) is 11.1. The highest BCUT2D eigenvalue weighted by Crippen LogP contribution is 2.66. The molecule has 0 radical (unpaired) electrons. The number of carbonyl (C=O) groups is 3. The molecule has 0 spiro atoms. The summed E-state index contributed by atoms with van der Waals surface area (Å²) in [5.41, 5.74) is 4.12. The molecule has 0 aromatic heterocycles. The van der Waals surface area contributed by atoms with Gasteiger partial charge in [0.05, 0.1) is 30.2 Å². The second-order valence-electron chi connectivity index (χ2n) is 9.50. The van der Waals surface area contributed by atoms with Crippen LogP contribution in [0.5, 0.6) is 0 Å². The van der Waals surface area contributed by atoms with Crippen LogP contribution in [0, 0.1) is 11.8 Å². The minimum absolute atomic E-state index is 0.187. The predicted molar refractivity (Wildman–Crippen MR) is 123 cm³/mol. The number of methoxy groups -OCH3 is 1. The SMILES string of the molecule is COC(=O)c1ccc(N2C(=O)[C@@H]3[C@@H](C2=O)C2(C)c4ccccc4C3(C)c3ccccc32)cc1. The van der Waals surface area contributed by atoms with Gasteiger partial charge in [-0.15, -0.1) is 0 Å². The summed E-state index contributed by atoms with van der Waals surface area (Å²) >= 11 is 0. The quantitative estimate of drug-likeness (QED) is 0.445. The molecule has 3 aromatic carbocycles. The van der Waals surface area contributed by atoms with Crippen LogP contribution in [0.3, 0.4) is 0 Å². The number of rotatable bonds is 2. The number of amides is 2. The van der Waals surface area contributed by atoms with Crippen molar-refractivity contribution in [2.75, 3.05) is 12.0 Å². The lowest BCUT2D eigenvalue weighted by molar-refractivity contribution is -0.124. The van der Waals surface area contributed by atoms with Crippen LogP contribution in [0.25, 0.3) is 0 Å². The molecular formula is C28H23NO4. The summed E-state index contributed by atoms with van der Waals surface area (Å²) in [5, 5.41) is 0. The van der Waals surface area contributed by atoms with E-state index in [0.29, 0.717) is 11.3 Å². The van der Waals surface area contributed by atoms with Gasteiger partial charge < -0.3 is 4.74 Å². The molecule has 5 nitrogen and oxygen atoms in total. The Bertz CT molecular complexity index is 1230. The maximum Gasteiger partial charge on any atom is 0.337 e. The molecular weight excluding hydrogens is 414 g/mol. The smallest absolute Gasteiger partial charge is 0.337 e. The molecule has 1 heterocycles. The van der Waals surface area contributed by atoms with Crippen LogP contribution < -0.4 is 4.90 Å². The molecule has 2 bridgehead atoms. The molecule has 5 heteroatoms. The van der Waals surface area contributed by atoms with E-state index in [4.69, 9.17) is 4.74 Å². The van der Waals surface area contributed by atoms with E-state index in [1.165, 1.54) is 12.0 Å². The second kappa shape index (κ2) is 6.41. The molecule has 2 amide bonds. The van der Waals surface area contributed by atoms with Crippen molar-refractivity contribution in [1.29, 1.82) is 0 Å². The van der Waals surface area contributed by atoms with Gasteiger partial charge >= 0.3 is 5.97 Å². The van der Waals surface area contributed by atoms with E-state index in [9.17, 15) is 14.4 Å². The largest absolute Gasteiger partial charge is 0.465 e. The van der Waals surface area contributed by atoms with Gasteiger partial charge in [0, 0.05) is 10.8 Å². The topological polar surface area (TPSA) is 63.7 Å². The van der Waals surface area contributed by atoms with E-state index in [2.05, 4.69) is 38.1 Å². The zero-order valence-electron chi connectivity index (χ0n) is 18.7. The lowest BCUT2D eigenvalue weighted by Gasteiger charge is -2.57. The molecule has 0 saturated carbocycles. The number of ether oxygens (including phenoxy) is 1. The van der Waals surface area contributed by atoms with Gasteiger partial charge in [-0.3, -0.25) is 9.59 Å². The van der Waals surface area contributed by atoms with Crippen molar-refractivity contribution >= 4 is 23.5 Å². The number of anilines is 1.